The first-order valence-electron chi connectivity index (χ1n) is 9.38. The fourth-order valence-corrected chi connectivity index (χ4v) is 2.57. The Morgan fingerprint density at radius 3 is 1.39 bits per heavy atom. The minimum Gasteiger partial charge on any atom is -0.382 e. The Balaban J connectivity index is 3.44. The van der Waals surface area contributed by atoms with E-state index in [0.29, 0.717) is 63.9 Å². The van der Waals surface area contributed by atoms with E-state index in [1.807, 2.05) is 21.1 Å². The number of methoxy groups -OCH3 is 1. The summed E-state index contributed by atoms with van der Waals surface area (Å²) < 4.78 is 54.5. The third-order valence-corrected chi connectivity index (χ3v) is 4.70. The maximum absolute atomic E-state index is 12.2. The second kappa shape index (κ2) is 17.7. The van der Waals surface area contributed by atoms with Crippen LogP contribution in [-0.4, -0.2) is 119 Å². The van der Waals surface area contributed by atoms with Crippen LogP contribution < -0.4 is 0 Å². The number of hydrogen-bond donors (Lipinski definition) is 0. The Morgan fingerprint density at radius 2 is 1.00 bits per heavy atom. The Kier molecular flexibility index (Phi) is 17.6. The van der Waals surface area contributed by atoms with Gasteiger partial charge in [0, 0.05) is 14.2 Å². The molecule has 0 saturated carbocycles. The third kappa shape index (κ3) is 19.2. The third-order valence-electron chi connectivity index (χ3n) is 3.26. The minimum atomic E-state index is -3.53. The number of phosphoric ester groups is 1. The van der Waals surface area contributed by atoms with E-state index in [4.69, 9.17) is 37.3 Å². The first kappa shape index (κ1) is 27.9. The first-order valence-corrected chi connectivity index (χ1v) is 10.8. The molecule has 0 radical (unpaired) electrons. The van der Waals surface area contributed by atoms with Gasteiger partial charge in [-0.05, 0) is 0 Å². The standard InChI is InChI=1S/C17H39NO9P/c1-18(2,3)6-7-26-28(19,21-5)27-17-16-25-15-14-24-13-12-23-11-10-22-9-8-20-4/h6-17H2,1-5H3/q+1. The van der Waals surface area contributed by atoms with Crippen LogP contribution in [0.1, 0.15) is 0 Å². The van der Waals surface area contributed by atoms with Gasteiger partial charge in [-0.25, -0.2) is 4.57 Å². The molecule has 0 aromatic heterocycles. The largest absolute Gasteiger partial charge is 0.474 e. The zero-order valence-electron chi connectivity index (χ0n) is 18.1. The van der Waals surface area contributed by atoms with Crippen LogP contribution in [0.3, 0.4) is 0 Å². The quantitative estimate of drug-likeness (QED) is 0.151. The van der Waals surface area contributed by atoms with Gasteiger partial charge in [-0.3, -0.25) is 13.6 Å². The fourth-order valence-electron chi connectivity index (χ4n) is 1.68. The zero-order chi connectivity index (χ0) is 21.1. The van der Waals surface area contributed by atoms with Crippen molar-refractivity contribution in [3.63, 3.8) is 0 Å². The lowest BCUT2D eigenvalue weighted by atomic mass is 10.5. The molecule has 0 N–H and O–H groups in total. The van der Waals surface area contributed by atoms with Crippen molar-refractivity contribution in [1.29, 1.82) is 0 Å². The van der Waals surface area contributed by atoms with E-state index in [-0.39, 0.29) is 19.8 Å². The second-order valence-electron chi connectivity index (χ2n) is 6.75. The van der Waals surface area contributed by atoms with Crippen LogP contribution >= 0.6 is 7.82 Å². The van der Waals surface area contributed by atoms with Gasteiger partial charge in [0.15, 0.2) is 0 Å². The van der Waals surface area contributed by atoms with Crippen LogP contribution in [-0.2, 0) is 41.8 Å². The number of likely N-dealkylation sites (N-methyl/N-ethyl adjacent to an activating group) is 1. The zero-order valence-corrected chi connectivity index (χ0v) is 18.9. The van der Waals surface area contributed by atoms with Crippen LogP contribution in [0.2, 0.25) is 0 Å². The van der Waals surface area contributed by atoms with Crippen molar-refractivity contribution < 1.29 is 46.3 Å². The highest BCUT2D eigenvalue weighted by Crippen LogP contribution is 2.48. The number of ether oxygens (including phenoxy) is 5. The molecule has 1 unspecified atom stereocenters. The van der Waals surface area contributed by atoms with Gasteiger partial charge in [-0.15, -0.1) is 0 Å². The van der Waals surface area contributed by atoms with Crippen LogP contribution in [0.15, 0.2) is 0 Å². The van der Waals surface area contributed by atoms with Gasteiger partial charge in [-0.2, -0.15) is 0 Å². The molecular formula is C17H39NO9P+. The summed E-state index contributed by atoms with van der Waals surface area (Å²) in [5.74, 6) is 0. The molecule has 0 heterocycles. The van der Waals surface area contributed by atoms with E-state index in [9.17, 15) is 4.57 Å². The molecule has 0 rings (SSSR count). The number of phosphoric acid groups is 1. The summed E-state index contributed by atoms with van der Waals surface area (Å²) >= 11 is 0. The number of rotatable bonds is 21. The van der Waals surface area contributed by atoms with Gasteiger partial charge in [0.05, 0.1) is 87.2 Å². The highest BCUT2D eigenvalue weighted by Gasteiger charge is 2.25. The van der Waals surface area contributed by atoms with Crippen molar-refractivity contribution >= 4 is 7.82 Å². The molecule has 0 fully saturated rings. The Hall–Kier alpha value is -0.130. The molecule has 0 amide bonds. The molecule has 0 aromatic rings. The van der Waals surface area contributed by atoms with E-state index in [2.05, 4.69) is 0 Å². The van der Waals surface area contributed by atoms with Crippen LogP contribution in [0.4, 0.5) is 0 Å². The van der Waals surface area contributed by atoms with E-state index in [1.165, 1.54) is 7.11 Å². The Bertz CT molecular complexity index is 393. The maximum Gasteiger partial charge on any atom is 0.474 e. The van der Waals surface area contributed by atoms with Gasteiger partial charge in [-0.1, -0.05) is 0 Å². The molecule has 1 atom stereocenters. The summed E-state index contributed by atoms with van der Waals surface area (Å²) in [6.07, 6.45) is 0. The summed E-state index contributed by atoms with van der Waals surface area (Å²) in [4.78, 5) is 0. The van der Waals surface area contributed by atoms with Crippen LogP contribution in [0.25, 0.3) is 0 Å². The molecular weight excluding hydrogens is 393 g/mol. The Morgan fingerprint density at radius 1 is 0.607 bits per heavy atom. The molecule has 0 spiro atoms. The number of quaternary nitrogens is 1. The topological polar surface area (TPSA) is 90.9 Å². The number of hydrogen-bond acceptors (Lipinski definition) is 9. The second-order valence-corrected chi connectivity index (χ2v) is 8.53. The van der Waals surface area contributed by atoms with Crippen molar-refractivity contribution in [3.05, 3.63) is 0 Å². The highest BCUT2D eigenvalue weighted by atomic mass is 31.2. The Labute approximate surface area is 169 Å². The van der Waals surface area contributed by atoms with Gasteiger partial charge in [0.25, 0.3) is 0 Å². The molecule has 170 valence electrons. The SMILES string of the molecule is COCCOCCOCCOCCOCCOP(=O)(OC)OCC[N+](C)(C)C. The molecule has 0 aliphatic carbocycles. The molecule has 28 heavy (non-hydrogen) atoms. The smallest absolute Gasteiger partial charge is 0.382 e. The van der Waals surface area contributed by atoms with E-state index < -0.39 is 7.82 Å². The summed E-state index contributed by atoms with van der Waals surface area (Å²) in [7, 11) is 5.46. The maximum atomic E-state index is 12.2. The molecule has 0 saturated heterocycles. The van der Waals surface area contributed by atoms with E-state index in [1.54, 1.807) is 7.11 Å². The summed E-state index contributed by atoms with van der Waals surface area (Å²) in [6, 6.07) is 0. The van der Waals surface area contributed by atoms with Crippen LogP contribution in [0.5, 0.6) is 0 Å². The lowest BCUT2D eigenvalue weighted by Gasteiger charge is -2.24. The van der Waals surface area contributed by atoms with E-state index in [0.717, 1.165) is 0 Å². The van der Waals surface area contributed by atoms with Crippen molar-refractivity contribution in [2.24, 2.45) is 0 Å². The fraction of sp³-hybridized carbons (Fsp3) is 1.00. The molecule has 11 heteroatoms. The predicted molar refractivity (Wildman–Crippen MR) is 105 cm³/mol. The van der Waals surface area contributed by atoms with Crippen molar-refractivity contribution in [1.82, 2.24) is 0 Å². The monoisotopic (exact) mass is 432 g/mol. The minimum absolute atomic E-state index is 0.113. The van der Waals surface area contributed by atoms with Crippen LogP contribution in [0, 0.1) is 0 Å². The van der Waals surface area contributed by atoms with Gasteiger partial charge >= 0.3 is 7.82 Å². The molecule has 0 aliphatic heterocycles. The molecule has 10 nitrogen and oxygen atoms in total. The average Bonchev–Trinajstić information content (AvgIpc) is 2.64. The van der Waals surface area contributed by atoms with Crippen molar-refractivity contribution in [2.75, 3.05) is 115 Å². The van der Waals surface area contributed by atoms with Crippen molar-refractivity contribution in [2.45, 2.75) is 0 Å². The predicted octanol–water partition coefficient (Wildman–Crippen LogP) is 1.19. The molecule has 0 bridgehead atoms. The summed E-state index contributed by atoms with van der Waals surface area (Å²) in [5.41, 5.74) is 0. The number of nitrogens with zero attached hydrogens (tertiary/aromatic N) is 1. The molecule has 0 aromatic carbocycles. The lowest BCUT2D eigenvalue weighted by Crippen LogP contribution is -2.37. The molecule has 0 aliphatic rings. The normalized spacial score (nSPS) is 14.3. The van der Waals surface area contributed by atoms with Gasteiger partial charge < -0.3 is 28.2 Å². The highest BCUT2D eigenvalue weighted by molar-refractivity contribution is 7.48. The van der Waals surface area contributed by atoms with Crippen molar-refractivity contribution in [3.8, 4) is 0 Å². The summed E-state index contributed by atoms with van der Waals surface area (Å²) in [5, 5.41) is 0. The first-order chi connectivity index (χ1) is 13.3. The summed E-state index contributed by atoms with van der Waals surface area (Å²) in [6.45, 7) is 5.40. The lowest BCUT2D eigenvalue weighted by molar-refractivity contribution is -0.870. The van der Waals surface area contributed by atoms with Gasteiger partial charge in [0.2, 0.25) is 0 Å². The van der Waals surface area contributed by atoms with E-state index >= 15 is 0 Å². The van der Waals surface area contributed by atoms with Gasteiger partial charge in [0.1, 0.15) is 13.2 Å². The average molecular weight is 432 g/mol.